The normalized spacial score (nSPS) is 14.2. The molecule has 2 aromatic rings. The van der Waals surface area contributed by atoms with E-state index in [-0.39, 0.29) is 30.0 Å². The minimum absolute atomic E-state index is 0.0495. The number of hydrogen-bond acceptors (Lipinski definition) is 5. The number of anilines is 2. The third-order valence-electron chi connectivity index (χ3n) is 4.83. The molecule has 7 nitrogen and oxygen atoms in total. The Morgan fingerprint density at radius 1 is 1.12 bits per heavy atom. The first-order valence-corrected chi connectivity index (χ1v) is 10.1. The van der Waals surface area contributed by atoms with E-state index in [9.17, 15) is 32.3 Å². The van der Waals surface area contributed by atoms with E-state index >= 15 is 0 Å². The van der Waals surface area contributed by atoms with Crippen molar-refractivity contribution >= 4 is 46.5 Å². The molecule has 1 unspecified atom stereocenters. The van der Waals surface area contributed by atoms with Gasteiger partial charge >= 0.3 is 12.1 Å². The van der Waals surface area contributed by atoms with Crippen molar-refractivity contribution in [2.75, 3.05) is 16.8 Å². The number of benzene rings is 2. The van der Waals surface area contributed by atoms with Crippen molar-refractivity contribution in [1.82, 2.24) is 0 Å². The molecule has 1 heterocycles. The Kier molecular flexibility index (Phi) is 7.06. The Hall–Kier alpha value is -3.40. The fraction of sp³-hybridized carbons (Fsp3) is 0.273. The van der Waals surface area contributed by atoms with Gasteiger partial charge in [0.1, 0.15) is 6.54 Å². The van der Waals surface area contributed by atoms with Gasteiger partial charge in [-0.15, -0.1) is 0 Å². The summed E-state index contributed by atoms with van der Waals surface area (Å²) in [7, 11) is 0. The van der Waals surface area contributed by atoms with Gasteiger partial charge in [0, 0.05) is 17.0 Å². The molecule has 1 N–H and O–H groups in total. The van der Waals surface area contributed by atoms with Crippen LogP contribution in [0.4, 0.5) is 24.5 Å². The maximum atomic E-state index is 13.0. The molecule has 3 rings (SSSR count). The molecule has 0 saturated heterocycles. The second kappa shape index (κ2) is 9.62. The highest BCUT2D eigenvalue weighted by atomic mass is 35.5. The lowest BCUT2D eigenvalue weighted by atomic mass is 10.1. The summed E-state index contributed by atoms with van der Waals surface area (Å²) in [6, 6.07) is 8.70. The first-order chi connectivity index (χ1) is 15.5. The standard InChI is InChI=1S/C22H18ClF3N2O5/c1-12(33-20(31)9-8-18(29)13-2-5-15(23)6-3-13)21(32)28-11-19(30)27-16-10-14(22(24,25)26)4-7-17(16)28/h2-7,10,12H,8-9,11H2,1H3,(H,27,30). The maximum Gasteiger partial charge on any atom is 0.416 e. The molecule has 174 valence electrons. The summed E-state index contributed by atoms with van der Waals surface area (Å²) < 4.78 is 44.0. The van der Waals surface area contributed by atoms with E-state index in [0.29, 0.717) is 10.6 Å². The minimum Gasteiger partial charge on any atom is -0.453 e. The number of carbonyl (C=O) groups is 4. The van der Waals surface area contributed by atoms with Gasteiger partial charge in [0.15, 0.2) is 11.9 Å². The average molecular weight is 483 g/mol. The summed E-state index contributed by atoms with van der Waals surface area (Å²) in [4.78, 5) is 49.9. The molecular formula is C22H18ClF3N2O5. The Labute approximate surface area is 191 Å². The van der Waals surface area contributed by atoms with Crippen molar-refractivity contribution < 1.29 is 37.1 Å². The smallest absolute Gasteiger partial charge is 0.416 e. The van der Waals surface area contributed by atoms with Gasteiger partial charge in [-0.2, -0.15) is 13.2 Å². The fourth-order valence-corrected chi connectivity index (χ4v) is 3.31. The number of carbonyl (C=O) groups excluding carboxylic acids is 4. The summed E-state index contributed by atoms with van der Waals surface area (Å²) >= 11 is 5.77. The van der Waals surface area contributed by atoms with Gasteiger partial charge in [0.2, 0.25) is 5.91 Å². The zero-order valence-corrected chi connectivity index (χ0v) is 18.0. The SMILES string of the molecule is CC(OC(=O)CCC(=O)c1ccc(Cl)cc1)C(=O)N1CC(=O)Nc2cc(C(F)(F)F)ccc21. The van der Waals surface area contributed by atoms with Gasteiger partial charge in [-0.25, -0.2) is 0 Å². The van der Waals surface area contributed by atoms with E-state index < -0.39 is 42.2 Å². The Morgan fingerprint density at radius 2 is 1.79 bits per heavy atom. The van der Waals surface area contributed by atoms with Crippen molar-refractivity contribution in [2.45, 2.75) is 32.0 Å². The summed E-state index contributed by atoms with van der Waals surface area (Å²) in [5.74, 6) is -2.61. The van der Waals surface area contributed by atoms with Gasteiger partial charge < -0.3 is 10.1 Å². The molecule has 0 fully saturated rings. The van der Waals surface area contributed by atoms with Gasteiger partial charge in [0.25, 0.3) is 5.91 Å². The third-order valence-corrected chi connectivity index (χ3v) is 5.09. The van der Waals surface area contributed by atoms with Crippen molar-refractivity contribution in [3.05, 3.63) is 58.6 Å². The zero-order chi connectivity index (χ0) is 24.3. The highest BCUT2D eigenvalue weighted by molar-refractivity contribution is 6.30. The fourth-order valence-electron chi connectivity index (χ4n) is 3.18. The van der Waals surface area contributed by atoms with Gasteiger partial charge in [-0.3, -0.25) is 24.1 Å². The van der Waals surface area contributed by atoms with Crippen LogP contribution in [0.3, 0.4) is 0 Å². The first kappa shape index (κ1) is 24.2. The predicted molar refractivity (Wildman–Crippen MR) is 113 cm³/mol. The topological polar surface area (TPSA) is 92.8 Å². The maximum absolute atomic E-state index is 13.0. The largest absolute Gasteiger partial charge is 0.453 e. The lowest BCUT2D eigenvalue weighted by Crippen LogP contribution is -2.47. The van der Waals surface area contributed by atoms with Gasteiger partial charge in [-0.1, -0.05) is 11.6 Å². The van der Waals surface area contributed by atoms with E-state index in [4.69, 9.17) is 16.3 Å². The quantitative estimate of drug-likeness (QED) is 0.491. The predicted octanol–water partition coefficient (Wildman–Crippen LogP) is 4.24. The van der Waals surface area contributed by atoms with E-state index in [2.05, 4.69) is 5.32 Å². The monoisotopic (exact) mass is 482 g/mol. The van der Waals surface area contributed by atoms with Crippen LogP contribution in [-0.4, -0.2) is 36.2 Å². The second-order valence-electron chi connectivity index (χ2n) is 7.26. The molecule has 2 aromatic carbocycles. The van der Waals surface area contributed by atoms with Gasteiger partial charge in [-0.05, 0) is 49.4 Å². The number of amides is 2. The van der Waals surface area contributed by atoms with Crippen LogP contribution >= 0.6 is 11.6 Å². The molecule has 0 bridgehead atoms. The van der Waals surface area contributed by atoms with Gasteiger partial charge in [0.05, 0.1) is 23.4 Å². The number of halogens is 4. The molecule has 0 aromatic heterocycles. The molecule has 0 radical (unpaired) electrons. The number of ketones is 1. The van der Waals surface area contributed by atoms with Crippen LogP contribution in [0.5, 0.6) is 0 Å². The van der Waals surface area contributed by atoms with Crippen LogP contribution in [0.2, 0.25) is 5.02 Å². The molecule has 1 aliphatic heterocycles. The van der Waals surface area contributed by atoms with E-state index in [1.54, 1.807) is 0 Å². The number of ether oxygens (including phenoxy) is 1. The molecule has 0 spiro atoms. The number of alkyl halides is 3. The zero-order valence-electron chi connectivity index (χ0n) is 17.2. The average Bonchev–Trinajstić information content (AvgIpc) is 2.75. The lowest BCUT2D eigenvalue weighted by molar-refractivity contribution is -0.153. The molecule has 1 atom stereocenters. The molecule has 1 aliphatic rings. The Balaban J connectivity index is 1.63. The van der Waals surface area contributed by atoms with Crippen molar-refractivity contribution in [3.63, 3.8) is 0 Å². The molecule has 33 heavy (non-hydrogen) atoms. The van der Waals surface area contributed by atoms with E-state index in [0.717, 1.165) is 23.1 Å². The van der Waals surface area contributed by atoms with Crippen LogP contribution in [-0.2, 0) is 25.3 Å². The number of hydrogen-bond donors (Lipinski definition) is 1. The first-order valence-electron chi connectivity index (χ1n) is 9.76. The molecular weight excluding hydrogens is 465 g/mol. The van der Waals surface area contributed by atoms with Crippen molar-refractivity contribution in [2.24, 2.45) is 0 Å². The van der Waals surface area contributed by atoms with Crippen molar-refractivity contribution in [1.29, 1.82) is 0 Å². The lowest BCUT2D eigenvalue weighted by Gasteiger charge is -2.31. The van der Waals surface area contributed by atoms with Crippen LogP contribution in [0, 0.1) is 0 Å². The Morgan fingerprint density at radius 3 is 2.42 bits per heavy atom. The summed E-state index contributed by atoms with van der Waals surface area (Å²) in [6.45, 7) is 0.825. The van der Waals surface area contributed by atoms with Crippen LogP contribution in [0.1, 0.15) is 35.7 Å². The summed E-state index contributed by atoms with van der Waals surface area (Å²) in [5, 5.41) is 2.76. The van der Waals surface area contributed by atoms with Crippen LogP contribution < -0.4 is 10.2 Å². The highest BCUT2D eigenvalue weighted by Gasteiger charge is 2.35. The molecule has 0 saturated carbocycles. The van der Waals surface area contributed by atoms with Crippen LogP contribution in [0.25, 0.3) is 0 Å². The number of Topliss-reactive ketones (excluding diaryl/α,β-unsaturated/α-hetero) is 1. The summed E-state index contributed by atoms with van der Waals surface area (Å²) in [5.41, 5.74) is -0.749. The number of fused-ring (bicyclic) bond motifs is 1. The van der Waals surface area contributed by atoms with Crippen molar-refractivity contribution in [3.8, 4) is 0 Å². The van der Waals surface area contributed by atoms with E-state index in [1.807, 2.05) is 0 Å². The minimum atomic E-state index is -4.63. The molecule has 11 heteroatoms. The number of nitrogens with one attached hydrogen (secondary N) is 1. The third kappa shape index (κ3) is 5.89. The number of nitrogens with zero attached hydrogens (tertiary/aromatic N) is 1. The second-order valence-corrected chi connectivity index (χ2v) is 7.70. The highest BCUT2D eigenvalue weighted by Crippen LogP contribution is 2.37. The summed E-state index contributed by atoms with van der Waals surface area (Å²) in [6.07, 6.45) is -6.40. The van der Waals surface area contributed by atoms with Crippen LogP contribution in [0.15, 0.2) is 42.5 Å². The Bertz CT molecular complexity index is 1100. The number of esters is 1. The van der Waals surface area contributed by atoms with E-state index in [1.165, 1.54) is 31.2 Å². The molecule has 2 amide bonds. The molecule has 0 aliphatic carbocycles. The number of rotatable bonds is 6.